The molecule has 21 heavy (non-hydrogen) atoms. The van der Waals surface area contributed by atoms with Crippen molar-refractivity contribution in [3.05, 3.63) is 52.9 Å². The molecular weight excluding hydrogens is 266 g/mol. The number of aromatic nitrogens is 1. The maximum absolute atomic E-state index is 12.4. The summed E-state index contributed by atoms with van der Waals surface area (Å²) in [6.07, 6.45) is 0. The van der Waals surface area contributed by atoms with Crippen LogP contribution in [0.25, 0.3) is 0 Å². The first-order chi connectivity index (χ1) is 10.0. The summed E-state index contributed by atoms with van der Waals surface area (Å²) in [5, 5.41) is 13.0. The molecule has 0 saturated carbocycles. The molecule has 2 rings (SSSR count). The van der Waals surface area contributed by atoms with Crippen LogP contribution in [-0.4, -0.2) is 23.0 Å². The Morgan fingerprint density at radius 1 is 1.43 bits per heavy atom. The first-order valence-corrected chi connectivity index (χ1v) is 6.73. The highest BCUT2D eigenvalue weighted by Crippen LogP contribution is 2.17. The largest absolute Gasteiger partial charge is 0.361 e. The molecule has 1 amide bonds. The molecule has 0 aliphatic heterocycles. The highest BCUT2D eigenvalue weighted by molar-refractivity contribution is 5.96. The van der Waals surface area contributed by atoms with Gasteiger partial charge >= 0.3 is 0 Å². The summed E-state index contributed by atoms with van der Waals surface area (Å²) in [7, 11) is 1.68. The number of nitriles is 1. The van der Waals surface area contributed by atoms with Gasteiger partial charge in [-0.05, 0) is 12.1 Å². The van der Waals surface area contributed by atoms with Crippen LogP contribution in [0.5, 0.6) is 0 Å². The zero-order valence-corrected chi connectivity index (χ0v) is 12.3. The smallest absolute Gasteiger partial charge is 0.255 e. The normalized spacial score (nSPS) is 10.4. The number of hydrogen-bond donors (Lipinski definition) is 0. The molecule has 0 N–H and O–H groups in total. The van der Waals surface area contributed by atoms with Crippen LogP contribution in [-0.2, 0) is 6.54 Å². The van der Waals surface area contributed by atoms with E-state index in [0.29, 0.717) is 23.4 Å². The van der Waals surface area contributed by atoms with E-state index in [1.165, 1.54) is 4.90 Å². The molecule has 1 aromatic carbocycles. The Morgan fingerprint density at radius 3 is 2.76 bits per heavy atom. The van der Waals surface area contributed by atoms with E-state index in [9.17, 15) is 4.79 Å². The molecule has 0 atom stereocenters. The number of hydrogen-bond acceptors (Lipinski definition) is 4. The summed E-state index contributed by atoms with van der Waals surface area (Å²) in [6, 6.07) is 10.7. The minimum Gasteiger partial charge on any atom is -0.361 e. The predicted molar refractivity (Wildman–Crippen MR) is 77.5 cm³/mol. The molecule has 2 aromatic rings. The number of benzene rings is 1. The predicted octanol–water partition coefficient (Wildman–Crippen LogP) is 2.94. The molecule has 0 radical (unpaired) electrons. The number of amides is 1. The lowest BCUT2D eigenvalue weighted by molar-refractivity contribution is 0.0782. The van der Waals surface area contributed by atoms with Crippen molar-refractivity contribution in [2.75, 3.05) is 7.05 Å². The van der Waals surface area contributed by atoms with Crippen molar-refractivity contribution in [3.63, 3.8) is 0 Å². The van der Waals surface area contributed by atoms with Crippen LogP contribution >= 0.6 is 0 Å². The molecule has 0 unspecified atom stereocenters. The average molecular weight is 283 g/mol. The van der Waals surface area contributed by atoms with E-state index < -0.39 is 0 Å². The van der Waals surface area contributed by atoms with Crippen LogP contribution in [0.4, 0.5) is 0 Å². The second kappa shape index (κ2) is 6.23. The lowest BCUT2D eigenvalue weighted by Gasteiger charge is -2.16. The quantitative estimate of drug-likeness (QED) is 0.865. The Bertz CT molecular complexity index is 683. The summed E-state index contributed by atoms with van der Waals surface area (Å²) in [4.78, 5) is 13.9. The number of nitrogens with zero attached hydrogens (tertiary/aromatic N) is 3. The molecular formula is C16H17N3O2. The van der Waals surface area contributed by atoms with Crippen LogP contribution < -0.4 is 0 Å². The van der Waals surface area contributed by atoms with Crippen molar-refractivity contribution >= 4 is 5.91 Å². The summed E-state index contributed by atoms with van der Waals surface area (Å²) >= 11 is 0. The molecule has 1 heterocycles. The molecule has 1 aromatic heterocycles. The minimum atomic E-state index is -0.207. The summed E-state index contributed by atoms with van der Waals surface area (Å²) < 4.78 is 5.22. The fraction of sp³-hybridized carbons (Fsp3) is 0.312. The molecule has 0 aliphatic carbocycles. The summed E-state index contributed by atoms with van der Waals surface area (Å²) in [5.74, 6) is 0.844. The van der Waals surface area contributed by atoms with E-state index in [1.807, 2.05) is 26.0 Å². The van der Waals surface area contributed by atoms with Crippen molar-refractivity contribution in [1.82, 2.24) is 10.1 Å². The van der Waals surface area contributed by atoms with Gasteiger partial charge in [0.2, 0.25) is 0 Å². The van der Waals surface area contributed by atoms with Gasteiger partial charge in [0.25, 0.3) is 5.91 Å². The Balaban J connectivity index is 2.14. The van der Waals surface area contributed by atoms with Crippen LogP contribution in [0.3, 0.4) is 0 Å². The van der Waals surface area contributed by atoms with E-state index in [2.05, 4.69) is 5.16 Å². The lowest BCUT2D eigenvalue weighted by Crippen LogP contribution is -2.27. The van der Waals surface area contributed by atoms with Gasteiger partial charge in [-0.25, -0.2) is 0 Å². The van der Waals surface area contributed by atoms with Gasteiger partial charge in [-0.2, -0.15) is 5.26 Å². The maximum atomic E-state index is 12.4. The van der Waals surface area contributed by atoms with Crippen molar-refractivity contribution in [2.24, 2.45) is 0 Å². The van der Waals surface area contributed by atoms with E-state index in [-0.39, 0.29) is 11.8 Å². The Labute approximate surface area is 123 Å². The van der Waals surface area contributed by atoms with E-state index in [1.54, 1.807) is 31.3 Å². The molecule has 5 heteroatoms. The Hall–Kier alpha value is -2.61. The second-order valence-electron chi connectivity index (χ2n) is 5.19. The van der Waals surface area contributed by atoms with Crippen LogP contribution in [0, 0.1) is 11.3 Å². The number of carbonyl (C=O) groups excluding carboxylic acids is 1. The zero-order valence-electron chi connectivity index (χ0n) is 12.3. The number of rotatable bonds is 4. The molecule has 0 fully saturated rings. The van der Waals surface area contributed by atoms with Crippen molar-refractivity contribution in [1.29, 1.82) is 5.26 Å². The van der Waals surface area contributed by atoms with Crippen LogP contribution in [0.1, 0.15) is 47.1 Å². The highest BCUT2D eigenvalue weighted by atomic mass is 16.5. The Morgan fingerprint density at radius 2 is 2.14 bits per heavy atom. The standard InChI is InChI=1S/C16H17N3O2/c1-11(2)15-8-13(18-21-15)10-19(3)16(20)14-7-5-4-6-12(14)9-17/h4-8,11H,10H2,1-3H3. The third-order valence-electron chi connectivity index (χ3n) is 3.17. The average Bonchev–Trinajstić information content (AvgIpc) is 2.95. The number of carbonyl (C=O) groups is 1. The molecule has 5 nitrogen and oxygen atoms in total. The molecule has 0 spiro atoms. The van der Waals surface area contributed by atoms with Gasteiger partial charge in [-0.15, -0.1) is 0 Å². The van der Waals surface area contributed by atoms with Gasteiger partial charge in [0.15, 0.2) is 0 Å². The minimum absolute atomic E-state index is 0.207. The Kier molecular flexibility index (Phi) is 4.39. The van der Waals surface area contributed by atoms with Gasteiger partial charge in [-0.1, -0.05) is 31.1 Å². The first-order valence-electron chi connectivity index (χ1n) is 6.73. The maximum Gasteiger partial charge on any atom is 0.255 e. The van der Waals surface area contributed by atoms with E-state index in [4.69, 9.17) is 9.78 Å². The van der Waals surface area contributed by atoms with Crippen molar-refractivity contribution in [2.45, 2.75) is 26.3 Å². The SMILES string of the molecule is CC(C)c1cc(CN(C)C(=O)c2ccccc2C#N)no1. The summed E-state index contributed by atoms with van der Waals surface area (Å²) in [5.41, 5.74) is 1.47. The van der Waals surface area contributed by atoms with E-state index >= 15 is 0 Å². The first kappa shape index (κ1) is 14.8. The topological polar surface area (TPSA) is 70.1 Å². The molecule has 0 aliphatic rings. The monoisotopic (exact) mass is 283 g/mol. The third kappa shape index (κ3) is 3.29. The summed E-state index contributed by atoms with van der Waals surface area (Å²) in [6.45, 7) is 4.37. The van der Waals surface area contributed by atoms with Gasteiger partial charge in [0.1, 0.15) is 11.5 Å². The van der Waals surface area contributed by atoms with Gasteiger partial charge in [-0.3, -0.25) is 4.79 Å². The van der Waals surface area contributed by atoms with Gasteiger partial charge in [0, 0.05) is 19.0 Å². The fourth-order valence-electron chi connectivity index (χ4n) is 1.96. The highest BCUT2D eigenvalue weighted by Gasteiger charge is 2.17. The second-order valence-corrected chi connectivity index (χ2v) is 5.19. The van der Waals surface area contributed by atoms with Gasteiger partial charge < -0.3 is 9.42 Å². The fourth-order valence-corrected chi connectivity index (χ4v) is 1.96. The van der Waals surface area contributed by atoms with E-state index in [0.717, 1.165) is 5.76 Å². The van der Waals surface area contributed by atoms with Crippen LogP contribution in [0.15, 0.2) is 34.9 Å². The van der Waals surface area contributed by atoms with Crippen molar-refractivity contribution in [3.8, 4) is 6.07 Å². The van der Waals surface area contributed by atoms with Gasteiger partial charge in [0.05, 0.1) is 23.7 Å². The molecule has 0 saturated heterocycles. The molecule has 108 valence electrons. The third-order valence-corrected chi connectivity index (χ3v) is 3.17. The van der Waals surface area contributed by atoms with Crippen LogP contribution in [0.2, 0.25) is 0 Å². The lowest BCUT2D eigenvalue weighted by atomic mass is 10.1. The zero-order chi connectivity index (χ0) is 15.4. The van der Waals surface area contributed by atoms with Crippen molar-refractivity contribution < 1.29 is 9.32 Å². The molecule has 0 bridgehead atoms.